The average molecular weight is 61.0 g/mol. The van der Waals surface area contributed by atoms with Crippen LogP contribution in [0.1, 0.15) is 13.3 Å². The van der Waals surface area contributed by atoms with Crippen molar-refractivity contribution in [1.29, 1.82) is 0 Å². The van der Waals surface area contributed by atoms with Crippen molar-refractivity contribution in [3.8, 4) is 12.3 Å². The van der Waals surface area contributed by atoms with Crippen LogP contribution in [0.4, 0.5) is 0 Å². The Morgan fingerprint density at radius 1 is 1.80 bits per heavy atom. The SMILES string of the molecule is C#CCC.[Li]. The topological polar surface area (TPSA) is 0 Å². The predicted octanol–water partition coefficient (Wildman–Crippen LogP) is 0.649. The van der Waals surface area contributed by atoms with Crippen LogP contribution in [0.2, 0.25) is 0 Å². The van der Waals surface area contributed by atoms with Crippen molar-refractivity contribution in [2.75, 3.05) is 0 Å². The zero-order valence-corrected chi connectivity index (χ0v) is 3.78. The maximum atomic E-state index is 4.78. The van der Waals surface area contributed by atoms with Crippen LogP contribution in [0.5, 0.6) is 0 Å². The van der Waals surface area contributed by atoms with Gasteiger partial charge in [-0.25, -0.2) is 0 Å². The second-order valence-electron chi connectivity index (χ2n) is 0.558. The van der Waals surface area contributed by atoms with Crippen LogP contribution in [0.25, 0.3) is 0 Å². The Morgan fingerprint density at radius 2 is 2.00 bits per heavy atom. The third kappa shape index (κ3) is 14.4. The maximum absolute atomic E-state index is 4.78. The largest absolute Gasteiger partial charge is 0.120 e. The van der Waals surface area contributed by atoms with Gasteiger partial charge in [-0.05, 0) is 0 Å². The molecule has 0 heterocycles. The molecule has 0 fully saturated rings. The molecule has 23 valence electrons. The van der Waals surface area contributed by atoms with Crippen molar-refractivity contribution in [2.45, 2.75) is 13.3 Å². The average Bonchev–Trinajstić information content (AvgIpc) is 1.37. The van der Waals surface area contributed by atoms with Gasteiger partial charge in [0.1, 0.15) is 0 Å². The van der Waals surface area contributed by atoms with E-state index in [1.165, 1.54) is 0 Å². The van der Waals surface area contributed by atoms with Crippen LogP contribution >= 0.6 is 0 Å². The third-order valence-corrected chi connectivity index (χ3v) is 0.204. The molecule has 0 amide bonds. The molecule has 0 aliphatic carbocycles. The first-order valence-corrected chi connectivity index (χ1v) is 1.35. The van der Waals surface area contributed by atoms with Crippen LogP contribution in [-0.4, -0.2) is 18.9 Å². The van der Waals surface area contributed by atoms with Crippen LogP contribution < -0.4 is 0 Å². The molecule has 5 heavy (non-hydrogen) atoms. The van der Waals surface area contributed by atoms with E-state index in [9.17, 15) is 0 Å². The minimum Gasteiger partial charge on any atom is -0.120 e. The minimum atomic E-state index is 0. The molecular formula is C4H6Li. The Balaban J connectivity index is 0. The number of hydrogen-bond donors (Lipinski definition) is 0. The van der Waals surface area contributed by atoms with Crippen LogP contribution in [0.3, 0.4) is 0 Å². The molecule has 0 rings (SSSR count). The number of hydrogen-bond acceptors (Lipinski definition) is 0. The molecule has 0 nitrogen and oxygen atoms in total. The third-order valence-electron chi connectivity index (χ3n) is 0.204. The minimum absolute atomic E-state index is 0. The van der Waals surface area contributed by atoms with Gasteiger partial charge in [0.2, 0.25) is 0 Å². The second-order valence-corrected chi connectivity index (χ2v) is 0.558. The summed E-state index contributed by atoms with van der Waals surface area (Å²) in [5.74, 6) is 2.43. The Morgan fingerprint density at radius 3 is 2.00 bits per heavy atom. The van der Waals surface area contributed by atoms with Crippen LogP contribution in [0, 0.1) is 12.3 Å². The van der Waals surface area contributed by atoms with Gasteiger partial charge in [0, 0.05) is 25.3 Å². The molecule has 0 unspecified atom stereocenters. The Labute approximate surface area is 45.1 Å². The summed E-state index contributed by atoms with van der Waals surface area (Å²) in [7, 11) is 0. The van der Waals surface area contributed by atoms with E-state index in [4.69, 9.17) is 6.42 Å². The molecule has 0 saturated heterocycles. The van der Waals surface area contributed by atoms with E-state index in [-0.39, 0.29) is 18.9 Å². The molecule has 1 heteroatoms. The van der Waals surface area contributed by atoms with Crippen molar-refractivity contribution in [1.82, 2.24) is 0 Å². The molecular weight excluding hydrogens is 55.0 g/mol. The summed E-state index contributed by atoms with van der Waals surface area (Å²) in [5.41, 5.74) is 0. The van der Waals surface area contributed by atoms with Crippen molar-refractivity contribution in [2.24, 2.45) is 0 Å². The fourth-order valence-corrected chi connectivity index (χ4v) is 0. The van der Waals surface area contributed by atoms with E-state index in [1.807, 2.05) is 6.92 Å². The molecule has 1 radical (unpaired) electrons. The van der Waals surface area contributed by atoms with E-state index in [1.54, 1.807) is 0 Å². The van der Waals surface area contributed by atoms with Gasteiger partial charge in [0.25, 0.3) is 0 Å². The number of rotatable bonds is 0. The van der Waals surface area contributed by atoms with E-state index in [0.29, 0.717) is 0 Å². The summed E-state index contributed by atoms with van der Waals surface area (Å²) < 4.78 is 0. The van der Waals surface area contributed by atoms with Crippen LogP contribution in [0.15, 0.2) is 0 Å². The molecule has 0 N–H and O–H groups in total. The first kappa shape index (κ1) is 8.94. The summed E-state index contributed by atoms with van der Waals surface area (Å²) in [6, 6.07) is 0. The molecule has 0 spiro atoms. The monoisotopic (exact) mass is 61.1 g/mol. The quantitative estimate of drug-likeness (QED) is 0.285. The zero-order valence-electron chi connectivity index (χ0n) is 3.78. The molecule has 0 aliphatic heterocycles. The first-order chi connectivity index (χ1) is 1.91. The van der Waals surface area contributed by atoms with Gasteiger partial charge >= 0.3 is 0 Å². The Bertz CT molecular complexity index is 33.4. The van der Waals surface area contributed by atoms with Gasteiger partial charge in [0.15, 0.2) is 0 Å². The fourth-order valence-electron chi connectivity index (χ4n) is 0. The van der Waals surface area contributed by atoms with E-state index in [0.717, 1.165) is 6.42 Å². The summed E-state index contributed by atoms with van der Waals surface area (Å²) in [6.45, 7) is 1.94. The van der Waals surface area contributed by atoms with Crippen molar-refractivity contribution < 1.29 is 0 Å². The molecule has 0 aliphatic rings. The van der Waals surface area contributed by atoms with E-state index < -0.39 is 0 Å². The molecule has 0 aromatic heterocycles. The standard InChI is InChI=1S/C4H6.Li/c1-3-4-2;/h1H,4H2,2H3;. The Kier molecular flexibility index (Phi) is 15.9. The van der Waals surface area contributed by atoms with Crippen molar-refractivity contribution >= 4 is 18.9 Å². The summed E-state index contributed by atoms with van der Waals surface area (Å²) in [4.78, 5) is 0. The molecule has 0 saturated carbocycles. The molecule has 0 aromatic rings. The summed E-state index contributed by atoms with van der Waals surface area (Å²) in [6.07, 6.45) is 5.62. The van der Waals surface area contributed by atoms with E-state index >= 15 is 0 Å². The van der Waals surface area contributed by atoms with Gasteiger partial charge in [0.05, 0.1) is 0 Å². The van der Waals surface area contributed by atoms with Crippen LogP contribution in [-0.2, 0) is 0 Å². The molecule has 0 bridgehead atoms. The second kappa shape index (κ2) is 8.90. The van der Waals surface area contributed by atoms with Crippen molar-refractivity contribution in [3.63, 3.8) is 0 Å². The molecule has 0 aromatic carbocycles. The van der Waals surface area contributed by atoms with Gasteiger partial charge in [-0.1, -0.05) is 6.92 Å². The Hall–Kier alpha value is 0.157. The smallest absolute Gasteiger partial charge is 0.00576 e. The zero-order chi connectivity index (χ0) is 3.41. The summed E-state index contributed by atoms with van der Waals surface area (Å²) in [5, 5.41) is 0. The fraction of sp³-hybridized carbons (Fsp3) is 0.500. The molecule has 0 atom stereocenters. The van der Waals surface area contributed by atoms with Gasteiger partial charge in [-0.2, -0.15) is 0 Å². The predicted molar refractivity (Wildman–Crippen MR) is 24.9 cm³/mol. The van der Waals surface area contributed by atoms with Gasteiger partial charge in [-0.3, -0.25) is 0 Å². The normalized spacial score (nSPS) is 4.00. The van der Waals surface area contributed by atoms with Crippen molar-refractivity contribution in [3.05, 3.63) is 0 Å². The first-order valence-electron chi connectivity index (χ1n) is 1.35. The van der Waals surface area contributed by atoms with Gasteiger partial charge in [-0.15, -0.1) is 12.3 Å². The number of terminal acetylenes is 1. The maximum Gasteiger partial charge on any atom is 0.00576 e. The van der Waals surface area contributed by atoms with Gasteiger partial charge < -0.3 is 0 Å². The summed E-state index contributed by atoms with van der Waals surface area (Å²) >= 11 is 0. The van der Waals surface area contributed by atoms with E-state index in [2.05, 4.69) is 5.92 Å².